The second-order valence-corrected chi connectivity index (χ2v) is 4.99. The molecule has 0 aliphatic heterocycles. The summed E-state index contributed by atoms with van der Waals surface area (Å²) in [7, 11) is 1.93. The second-order valence-electron chi connectivity index (χ2n) is 3.53. The van der Waals surface area contributed by atoms with E-state index in [1.54, 1.807) is 12.4 Å². The van der Waals surface area contributed by atoms with Gasteiger partial charge in [0, 0.05) is 13.2 Å². The third kappa shape index (κ3) is 2.81. The molecule has 2 aromatic heterocycles. The van der Waals surface area contributed by atoms with Crippen LogP contribution in [0.5, 0.6) is 0 Å². The quantitative estimate of drug-likeness (QED) is 0.828. The van der Waals surface area contributed by atoms with Gasteiger partial charge < -0.3 is 4.57 Å². The van der Waals surface area contributed by atoms with Crippen molar-refractivity contribution in [3.63, 3.8) is 0 Å². The fraction of sp³-hybridized carbons (Fsp3) is 0.182. The molecule has 17 heavy (non-hydrogen) atoms. The van der Waals surface area contributed by atoms with Crippen molar-refractivity contribution in [1.82, 2.24) is 19.5 Å². The van der Waals surface area contributed by atoms with Gasteiger partial charge in [0.1, 0.15) is 4.60 Å². The minimum absolute atomic E-state index is 0.777. The van der Waals surface area contributed by atoms with Crippen LogP contribution in [0.25, 0.3) is 12.2 Å². The van der Waals surface area contributed by atoms with E-state index in [9.17, 15) is 0 Å². The number of nitrogens with zero attached hydrogens (tertiary/aromatic N) is 4. The molecule has 4 nitrogen and oxygen atoms in total. The molecule has 0 fully saturated rings. The highest BCUT2D eigenvalue weighted by Gasteiger charge is 2.07. The molecule has 0 aliphatic carbocycles. The molecule has 0 N–H and O–H groups in total. The fourth-order valence-corrected chi connectivity index (χ4v) is 2.53. The van der Waals surface area contributed by atoms with Crippen molar-refractivity contribution < 1.29 is 0 Å². The van der Waals surface area contributed by atoms with Crippen LogP contribution in [0.2, 0.25) is 0 Å². The van der Waals surface area contributed by atoms with Gasteiger partial charge in [0.25, 0.3) is 0 Å². The maximum Gasteiger partial charge on any atom is 0.178 e. The molecule has 0 saturated carbocycles. The zero-order valence-corrected chi connectivity index (χ0v) is 12.5. The number of halogens is 2. The SMILES string of the molecule is Cc1cncc(/C=C\c2c(Br)nc(Br)n2C)n1. The van der Waals surface area contributed by atoms with Gasteiger partial charge in [-0.05, 0) is 50.9 Å². The molecule has 6 heteroatoms. The molecule has 0 unspecified atom stereocenters. The van der Waals surface area contributed by atoms with E-state index in [4.69, 9.17) is 0 Å². The Morgan fingerprint density at radius 1 is 1.18 bits per heavy atom. The Morgan fingerprint density at radius 2 is 1.94 bits per heavy atom. The zero-order chi connectivity index (χ0) is 12.4. The highest BCUT2D eigenvalue weighted by atomic mass is 79.9. The minimum atomic E-state index is 0.777. The molecule has 0 atom stereocenters. The van der Waals surface area contributed by atoms with Crippen molar-refractivity contribution in [3.8, 4) is 0 Å². The Labute approximate surface area is 116 Å². The van der Waals surface area contributed by atoms with Gasteiger partial charge in [-0.3, -0.25) is 9.97 Å². The van der Waals surface area contributed by atoms with Crippen LogP contribution < -0.4 is 0 Å². The monoisotopic (exact) mass is 356 g/mol. The zero-order valence-electron chi connectivity index (χ0n) is 9.35. The predicted octanol–water partition coefficient (Wildman–Crippen LogP) is 3.21. The number of hydrogen-bond acceptors (Lipinski definition) is 3. The van der Waals surface area contributed by atoms with Crippen molar-refractivity contribution in [2.75, 3.05) is 0 Å². The molecule has 2 heterocycles. The maximum atomic E-state index is 4.35. The average molecular weight is 358 g/mol. The highest BCUT2D eigenvalue weighted by molar-refractivity contribution is 9.11. The first-order valence-corrected chi connectivity index (χ1v) is 6.51. The molecule has 0 aliphatic rings. The van der Waals surface area contributed by atoms with Crippen LogP contribution in [-0.4, -0.2) is 19.5 Å². The Bertz CT molecular complexity index is 575. The van der Waals surface area contributed by atoms with E-state index >= 15 is 0 Å². The summed E-state index contributed by atoms with van der Waals surface area (Å²) < 4.78 is 3.51. The van der Waals surface area contributed by atoms with Crippen LogP contribution in [0.3, 0.4) is 0 Å². The van der Waals surface area contributed by atoms with E-state index in [-0.39, 0.29) is 0 Å². The molecular weight excluding hydrogens is 348 g/mol. The summed E-state index contributed by atoms with van der Waals surface area (Å²) >= 11 is 6.77. The summed E-state index contributed by atoms with van der Waals surface area (Å²) in [5.74, 6) is 0. The Morgan fingerprint density at radius 3 is 2.53 bits per heavy atom. The largest absolute Gasteiger partial charge is 0.321 e. The Balaban J connectivity index is 2.32. The van der Waals surface area contributed by atoms with Crippen LogP contribution in [0, 0.1) is 6.92 Å². The standard InChI is InChI=1S/C11H10Br2N4/c1-7-5-14-6-8(15-7)3-4-9-10(12)16-11(13)17(9)2/h3-6H,1-2H3/b4-3-. The van der Waals surface area contributed by atoms with Gasteiger partial charge in [0.05, 0.1) is 23.3 Å². The highest BCUT2D eigenvalue weighted by Crippen LogP contribution is 2.22. The summed E-state index contributed by atoms with van der Waals surface area (Å²) in [5.41, 5.74) is 2.70. The van der Waals surface area contributed by atoms with E-state index in [1.165, 1.54) is 0 Å². The number of aromatic nitrogens is 4. The van der Waals surface area contributed by atoms with Crippen molar-refractivity contribution in [3.05, 3.63) is 38.8 Å². The first kappa shape index (κ1) is 12.4. The average Bonchev–Trinajstić information content (AvgIpc) is 2.51. The van der Waals surface area contributed by atoms with Crippen LogP contribution in [0.4, 0.5) is 0 Å². The smallest absolute Gasteiger partial charge is 0.178 e. The van der Waals surface area contributed by atoms with Gasteiger partial charge >= 0.3 is 0 Å². The summed E-state index contributed by atoms with van der Waals surface area (Å²) in [6.45, 7) is 1.92. The van der Waals surface area contributed by atoms with E-state index < -0.39 is 0 Å². The van der Waals surface area contributed by atoms with Crippen molar-refractivity contribution in [1.29, 1.82) is 0 Å². The number of aryl methyl sites for hydroxylation is 1. The lowest BCUT2D eigenvalue weighted by atomic mass is 10.3. The van der Waals surface area contributed by atoms with Gasteiger partial charge in [0.2, 0.25) is 0 Å². The number of hydrogen-bond donors (Lipinski definition) is 0. The lowest BCUT2D eigenvalue weighted by Crippen LogP contribution is -1.91. The molecule has 0 radical (unpaired) electrons. The first-order valence-electron chi connectivity index (χ1n) is 4.92. The molecule has 0 amide bonds. The van der Waals surface area contributed by atoms with Crippen LogP contribution in [-0.2, 0) is 7.05 Å². The van der Waals surface area contributed by atoms with E-state index in [0.29, 0.717) is 0 Å². The van der Waals surface area contributed by atoms with E-state index in [1.807, 2.05) is 30.7 Å². The van der Waals surface area contributed by atoms with E-state index in [2.05, 4.69) is 46.8 Å². The fourth-order valence-electron chi connectivity index (χ4n) is 1.36. The maximum absolute atomic E-state index is 4.35. The summed E-state index contributed by atoms with van der Waals surface area (Å²) in [6, 6.07) is 0. The number of imidazole rings is 1. The van der Waals surface area contributed by atoms with Gasteiger partial charge in [-0.15, -0.1) is 0 Å². The normalized spacial score (nSPS) is 11.3. The molecule has 88 valence electrons. The Kier molecular flexibility index (Phi) is 3.73. The minimum Gasteiger partial charge on any atom is -0.321 e. The summed E-state index contributed by atoms with van der Waals surface area (Å²) in [4.78, 5) is 12.7. The molecular formula is C11H10Br2N4. The molecule has 2 aromatic rings. The summed E-state index contributed by atoms with van der Waals surface area (Å²) in [6.07, 6.45) is 7.32. The molecule has 0 bridgehead atoms. The number of rotatable bonds is 2. The van der Waals surface area contributed by atoms with Crippen LogP contribution in [0.15, 0.2) is 21.7 Å². The van der Waals surface area contributed by atoms with Gasteiger partial charge in [-0.25, -0.2) is 4.98 Å². The lowest BCUT2D eigenvalue weighted by molar-refractivity contribution is 0.871. The molecule has 0 saturated heterocycles. The Hall–Kier alpha value is -1.01. The van der Waals surface area contributed by atoms with Gasteiger partial charge in [0.15, 0.2) is 4.73 Å². The topological polar surface area (TPSA) is 43.6 Å². The van der Waals surface area contributed by atoms with Crippen molar-refractivity contribution in [2.24, 2.45) is 7.05 Å². The van der Waals surface area contributed by atoms with Crippen molar-refractivity contribution >= 4 is 44.0 Å². The van der Waals surface area contributed by atoms with Gasteiger partial charge in [-0.2, -0.15) is 0 Å². The predicted molar refractivity (Wildman–Crippen MR) is 74.3 cm³/mol. The molecule has 0 aromatic carbocycles. The van der Waals surface area contributed by atoms with E-state index in [0.717, 1.165) is 26.4 Å². The van der Waals surface area contributed by atoms with Crippen molar-refractivity contribution in [2.45, 2.75) is 6.92 Å². The third-order valence-electron chi connectivity index (χ3n) is 2.23. The first-order chi connectivity index (χ1) is 8.08. The molecule has 2 rings (SSSR count). The second kappa shape index (κ2) is 5.10. The van der Waals surface area contributed by atoms with Crippen LogP contribution in [0.1, 0.15) is 17.1 Å². The summed E-state index contributed by atoms with van der Waals surface area (Å²) in [5, 5.41) is 0. The van der Waals surface area contributed by atoms with Gasteiger partial charge in [-0.1, -0.05) is 0 Å². The third-order valence-corrected chi connectivity index (χ3v) is 3.52. The molecule has 0 spiro atoms. The lowest BCUT2D eigenvalue weighted by Gasteiger charge is -1.98. The van der Waals surface area contributed by atoms with Crippen LogP contribution >= 0.6 is 31.9 Å².